The SMILES string of the molecule is CCOC(=O)c1cccc(-n2c(C)cc(/C=C3/SC(=Nc4ccc(C)cc4)NC3=O)c2C)c1. The molecule has 1 aliphatic heterocycles. The molecule has 0 aliphatic carbocycles. The van der Waals surface area contributed by atoms with Crippen molar-refractivity contribution < 1.29 is 14.3 Å². The van der Waals surface area contributed by atoms with Gasteiger partial charge in [0.2, 0.25) is 0 Å². The molecule has 6 nitrogen and oxygen atoms in total. The Labute approximate surface area is 197 Å². The average molecular weight is 460 g/mol. The van der Waals surface area contributed by atoms with Crippen LogP contribution in [0.1, 0.15) is 39.8 Å². The van der Waals surface area contributed by atoms with Crippen LogP contribution < -0.4 is 5.32 Å². The number of hydrogen-bond donors (Lipinski definition) is 1. The number of amides is 1. The summed E-state index contributed by atoms with van der Waals surface area (Å²) >= 11 is 1.32. The Balaban J connectivity index is 1.62. The molecule has 33 heavy (non-hydrogen) atoms. The summed E-state index contributed by atoms with van der Waals surface area (Å²) in [5.74, 6) is -0.511. The number of aliphatic imine (C=N–C) groups is 1. The standard InChI is InChI=1S/C26H25N3O3S/c1-5-32-25(31)19-7-6-8-22(14-19)29-17(3)13-20(18(29)4)15-23-24(30)28-26(33-23)27-21-11-9-16(2)10-12-21/h6-15H,5H2,1-4H3,(H,27,28,30)/b23-15+. The molecule has 7 heteroatoms. The number of aryl methyl sites for hydroxylation is 2. The number of amidine groups is 1. The van der Waals surface area contributed by atoms with E-state index in [4.69, 9.17) is 4.74 Å². The number of esters is 1. The van der Waals surface area contributed by atoms with E-state index < -0.39 is 0 Å². The van der Waals surface area contributed by atoms with Crippen molar-refractivity contribution in [3.05, 3.63) is 87.6 Å². The lowest BCUT2D eigenvalue weighted by Gasteiger charge is -2.11. The largest absolute Gasteiger partial charge is 0.462 e. The van der Waals surface area contributed by atoms with Crippen molar-refractivity contribution in [2.45, 2.75) is 27.7 Å². The zero-order chi connectivity index (χ0) is 23.5. The third-order valence-corrected chi connectivity index (χ3v) is 6.20. The molecule has 0 atom stereocenters. The third kappa shape index (κ3) is 4.93. The second-order valence-corrected chi connectivity index (χ2v) is 8.78. The van der Waals surface area contributed by atoms with Gasteiger partial charge in [0, 0.05) is 17.1 Å². The topological polar surface area (TPSA) is 72.7 Å². The van der Waals surface area contributed by atoms with Crippen molar-refractivity contribution in [3.8, 4) is 5.69 Å². The van der Waals surface area contributed by atoms with E-state index in [0.29, 0.717) is 22.2 Å². The predicted molar refractivity (Wildman–Crippen MR) is 133 cm³/mol. The maximum Gasteiger partial charge on any atom is 0.338 e. The molecule has 1 amide bonds. The number of hydrogen-bond acceptors (Lipinski definition) is 5. The highest BCUT2D eigenvalue weighted by Gasteiger charge is 2.24. The average Bonchev–Trinajstić information content (AvgIpc) is 3.27. The van der Waals surface area contributed by atoms with Crippen molar-refractivity contribution in [1.82, 2.24) is 9.88 Å². The molecule has 4 rings (SSSR count). The molecule has 1 aliphatic rings. The Hall–Kier alpha value is -3.58. The Bertz CT molecular complexity index is 1290. The van der Waals surface area contributed by atoms with Crippen molar-refractivity contribution >= 4 is 40.6 Å². The maximum absolute atomic E-state index is 12.5. The summed E-state index contributed by atoms with van der Waals surface area (Å²) in [5.41, 5.74) is 6.23. The first-order chi connectivity index (χ1) is 15.9. The summed E-state index contributed by atoms with van der Waals surface area (Å²) in [5, 5.41) is 3.40. The Kier molecular flexibility index (Phi) is 6.51. The van der Waals surface area contributed by atoms with Gasteiger partial charge in [0.05, 0.1) is 22.8 Å². The fourth-order valence-corrected chi connectivity index (χ4v) is 4.51. The molecule has 168 valence electrons. The minimum atomic E-state index is -0.344. The number of carbonyl (C=O) groups excluding carboxylic acids is 2. The van der Waals surface area contributed by atoms with Gasteiger partial charge in [-0.15, -0.1) is 0 Å². The number of thioether (sulfide) groups is 1. The first-order valence-corrected chi connectivity index (χ1v) is 11.5. The first-order valence-electron chi connectivity index (χ1n) is 10.7. The number of carbonyl (C=O) groups is 2. The molecule has 3 aromatic rings. The summed E-state index contributed by atoms with van der Waals surface area (Å²) in [4.78, 5) is 29.8. The van der Waals surface area contributed by atoms with Gasteiger partial charge in [0.15, 0.2) is 5.17 Å². The highest BCUT2D eigenvalue weighted by molar-refractivity contribution is 8.18. The number of nitrogens with zero attached hydrogens (tertiary/aromatic N) is 2. The second kappa shape index (κ2) is 9.50. The lowest BCUT2D eigenvalue weighted by Crippen LogP contribution is -2.19. The van der Waals surface area contributed by atoms with E-state index in [1.807, 2.05) is 75.4 Å². The number of nitrogens with one attached hydrogen (secondary N) is 1. The molecular formula is C26H25N3O3S. The van der Waals surface area contributed by atoms with Crippen LogP contribution in [-0.4, -0.2) is 28.2 Å². The summed E-state index contributed by atoms with van der Waals surface area (Å²) < 4.78 is 7.19. The van der Waals surface area contributed by atoms with Gasteiger partial charge in [-0.2, -0.15) is 0 Å². The van der Waals surface area contributed by atoms with E-state index in [-0.39, 0.29) is 11.9 Å². The van der Waals surface area contributed by atoms with Gasteiger partial charge in [-0.3, -0.25) is 4.79 Å². The van der Waals surface area contributed by atoms with Gasteiger partial charge in [-0.25, -0.2) is 9.79 Å². The van der Waals surface area contributed by atoms with Crippen molar-refractivity contribution in [2.75, 3.05) is 6.61 Å². The van der Waals surface area contributed by atoms with Crippen molar-refractivity contribution in [2.24, 2.45) is 4.99 Å². The fraction of sp³-hybridized carbons (Fsp3) is 0.192. The van der Waals surface area contributed by atoms with Crippen LogP contribution in [0, 0.1) is 20.8 Å². The lowest BCUT2D eigenvalue weighted by atomic mass is 10.2. The quantitative estimate of drug-likeness (QED) is 0.406. The van der Waals surface area contributed by atoms with Crippen molar-refractivity contribution in [1.29, 1.82) is 0 Å². The molecule has 1 saturated heterocycles. The van der Waals surface area contributed by atoms with Gasteiger partial charge >= 0.3 is 5.97 Å². The van der Waals surface area contributed by atoms with E-state index in [1.54, 1.807) is 13.0 Å². The summed E-state index contributed by atoms with van der Waals surface area (Å²) in [6.07, 6.45) is 1.88. The monoisotopic (exact) mass is 459 g/mol. The highest BCUT2D eigenvalue weighted by Crippen LogP contribution is 2.30. The zero-order valence-corrected chi connectivity index (χ0v) is 19.8. The van der Waals surface area contributed by atoms with Crippen LogP contribution >= 0.6 is 11.8 Å². The molecule has 0 saturated carbocycles. The van der Waals surface area contributed by atoms with E-state index >= 15 is 0 Å². The van der Waals surface area contributed by atoms with Gasteiger partial charge in [0.1, 0.15) is 0 Å². The highest BCUT2D eigenvalue weighted by atomic mass is 32.2. The molecule has 2 heterocycles. The van der Waals surface area contributed by atoms with Crippen LogP contribution in [0.4, 0.5) is 5.69 Å². The first kappa shape index (κ1) is 22.6. The molecule has 0 unspecified atom stereocenters. The van der Waals surface area contributed by atoms with Crippen LogP contribution in [0.25, 0.3) is 11.8 Å². The number of aromatic nitrogens is 1. The lowest BCUT2D eigenvalue weighted by molar-refractivity contribution is -0.115. The molecule has 0 spiro atoms. The zero-order valence-electron chi connectivity index (χ0n) is 19.0. The van der Waals surface area contributed by atoms with Crippen LogP contribution in [-0.2, 0) is 9.53 Å². The van der Waals surface area contributed by atoms with Crippen LogP contribution in [0.3, 0.4) is 0 Å². The minimum absolute atomic E-state index is 0.167. The number of benzene rings is 2. The Morgan fingerprint density at radius 1 is 1.12 bits per heavy atom. The van der Waals surface area contributed by atoms with E-state index in [1.165, 1.54) is 11.8 Å². The second-order valence-electron chi connectivity index (χ2n) is 7.75. The summed E-state index contributed by atoms with van der Waals surface area (Å²) in [7, 11) is 0. The molecular weight excluding hydrogens is 434 g/mol. The smallest absolute Gasteiger partial charge is 0.338 e. The number of rotatable bonds is 5. The minimum Gasteiger partial charge on any atom is -0.462 e. The molecule has 1 fully saturated rings. The van der Waals surface area contributed by atoms with E-state index in [9.17, 15) is 9.59 Å². The Morgan fingerprint density at radius 2 is 1.88 bits per heavy atom. The van der Waals surface area contributed by atoms with E-state index in [0.717, 1.165) is 33.9 Å². The van der Waals surface area contributed by atoms with Gasteiger partial charge in [-0.05, 0) is 87.5 Å². The molecule has 0 radical (unpaired) electrons. The predicted octanol–water partition coefficient (Wildman–Crippen LogP) is 5.47. The number of ether oxygens (including phenoxy) is 1. The van der Waals surface area contributed by atoms with Crippen molar-refractivity contribution in [3.63, 3.8) is 0 Å². The van der Waals surface area contributed by atoms with E-state index in [2.05, 4.69) is 14.9 Å². The molecule has 2 aromatic carbocycles. The molecule has 0 bridgehead atoms. The van der Waals surface area contributed by atoms with Gasteiger partial charge in [0.25, 0.3) is 5.91 Å². The Morgan fingerprint density at radius 3 is 2.61 bits per heavy atom. The molecule has 1 aromatic heterocycles. The van der Waals surface area contributed by atoms with Crippen LogP contribution in [0.5, 0.6) is 0 Å². The third-order valence-electron chi connectivity index (χ3n) is 5.29. The maximum atomic E-state index is 12.5. The normalized spacial score (nSPS) is 15.8. The van der Waals surface area contributed by atoms with Gasteiger partial charge in [-0.1, -0.05) is 23.8 Å². The van der Waals surface area contributed by atoms with Crippen LogP contribution in [0.15, 0.2) is 64.5 Å². The fourth-order valence-electron chi connectivity index (χ4n) is 3.68. The molecule has 1 N–H and O–H groups in total. The van der Waals surface area contributed by atoms with Gasteiger partial charge < -0.3 is 14.6 Å². The summed E-state index contributed by atoms with van der Waals surface area (Å²) in [6.45, 7) is 8.13. The van der Waals surface area contributed by atoms with Crippen LogP contribution in [0.2, 0.25) is 0 Å². The summed E-state index contributed by atoms with van der Waals surface area (Å²) in [6, 6.07) is 17.2.